The number of benzene rings is 1. The molecular weight excluding hydrogens is 228 g/mol. The maximum absolute atomic E-state index is 10.7. The van der Waals surface area contributed by atoms with Crippen LogP contribution in [0.5, 0.6) is 0 Å². The van der Waals surface area contributed by atoms with Gasteiger partial charge in [0.15, 0.2) is 0 Å². The highest BCUT2D eigenvalue weighted by molar-refractivity contribution is 5.66. The van der Waals surface area contributed by atoms with Gasteiger partial charge in [-0.3, -0.25) is 4.79 Å². The van der Waals surface area contributed by atoms with Crippen LogP contribution in [0.4, 0.5) is 5.69 Å². The highest BCUT2D eigenvalue weighted by atomic mass is 16.4. The van der Waals surface area contributed by atoms with Crippen LogP contribution in [0.25, 0.3) is 0 Å². The zero-order valence-electron chi connectivity index (χ0n) is 10.5. The first-order chi connectivity index (χ1) is 8.77. The normalized spacial score (nSPS) is 20.4. The molecule has 1 aromatic carbocycles. The molecule has 0 radical (unpaired) electrons. The third kappa shape index (κ3) is 3.47. The zero-order chi connectivity index (χ0) is 12.8. The van der Waals surface area contributed by atoms with E-state index < -0.39 is 5.97 Å². The van der Waals surface area contributed by atoms with Crippen molar-refractivity contribution < 1.29 is 9.90 Å². The zero-order valence-corrected chi connectivity index (χ0v) is 10.5. The monoisotopic (exact) mass is 248 g/mol. The molecule has 1 aliphatic rings. The van der Waals surface area contributed by atoms with E-state index in [1.165, 1.54) is 5.69 Å². The van der Waals surface area contributed by atoms with Crippen LogP contribution in [0.1, 0.15) is 19.3 Å². The predicted octanol–water partition coefficient (Wildman–Crippen LogP) is 1.72. The van der Waals surface area contributed by atoms with Gasteiger partial charge in [0.1, 0.15) is 0 Å². The van der Waals surface area contributed by atoms with Gasteiger partial charge in [0.05, 0.1) is 0 Å². The Kier molecular flexibility index (Phi) is 4.59. The molecule has 0 saturated carbocycles. The first-order valence-electron chi connectivity index (χ1n) is 6.51. The van der Waals surface area contributed by atoms with Crippen molar-refractivity contribution in [3.8, 4) is 0 Å². The van der Waals surface area contributed by atoms with Crippen LogP contribution >= 0.6 is 0 Å². The number of para-hydroxylation sites is 1. The van der Waals surface area contributed by atoms with E-state index in [1.54, 1.807) is 0 Å². The Morgan fingerprint density at radius 3 is 2.89 bits per heavy atom. The average molecular weight is 248 g/mol. The van der Waals surface area contributed by atoms with Crippen molar-refractivity contribution in [1.82, 2.24) is 5.32 Å². The lowest BCUT2D eigenvalue weighted by molar-refractivity contribution is -0.137. The van der Waals surface area contributed by atoms with Crippen molar-refractivity contribution in [2.75, 3.05) is 24.5 Å². The lowest BCUT2D eigenvalue weighted by atomic mass is 10.1. The molecule has 2 rings (SSSR count). The van der Waals surface area contributed by atoms with E-state index in [1.807, 2.05) is 18.2 Å². The fourth-order valence-corrected chi connectivity index (χ4v) is 2.44. The minimum atomic E-state index is -0.716. The van der Waals surface area contributed by atoms with Crippen molar-refractivity contribution >= 4 is 11.7 Å². The van der Waals surface area contributed by atoms with Crippen LogP contribution in [0.2, 0.25) is 0 Å². The van der Waals surface area contributed by atoms with Gasteiger partial charge in [-0.25, -0.2) is 0 Å². The smallest absolute Gasteiger partial charge is 0.303 e. The molecule has 1 aliphatic heterocycles. The molecule has 1 aromatic rings. The van der Waals surface area contributed by atoms with E-state index in [-0.39, 0.29) is 12.5 Å². The summed E-state index contributed by atoms with van der Waals surface area (Å²) in [5.74, 6) is -0.716. The molecule has 98 valence electrons. The second kappa shape index (κ2) is 6.40. The summed E-state index contributed by atoms with van der Waals surface area (Å²) in [4.78, 5) is 13.1. The molecule has 1 unspecified atom stereocenters. The predicted molar refractivity (Wildman–Crippen MR) is 71.9 cm³/mol. The Balaban J connectivity index is 2.09. The Bertz CT molecular complexity index is 381. The minimum Gasteiger partial charge on any atom is -0.481 e. The maximum atomic E-state index is 10.7. The second-order valence-electron chi connectivity index (χ2n) is 4.67. The summed E-state index contributed by atoms with van der Waals surface area (Å²) in [5.41, 5.74) is 1.19. The molecule has 0 aliphatic carbocycles. The molecule has 2 N–H and O–H groups in total. The van der Waals surface area contributed by atoms with Crippen LogP contribution < -0.4 is 10.2 Å². The molecule has 0 aromatic heterocycles. The Morgan fingerprint density at radius 2 is 2.17 bits per heavy atom. The molecule has 4 heteroatoms. The number of hydrogen-bond acceptors (Lipinski definition) is 3. The highest BCUT2D eigenvalue weighted by Crippen LogP contribution is 2.20. The summed E-state index contributed by atoms with van der Waals surface area (Å²) in [5, 5.41) is 12.2. The topological polar surface area (TPSA) is 52.6 Å². The van der Waals surface area contributed by atoms with Crippen LogP contribution in [0.3, 0.4) is 0 Å². The molecule has 1 atom stereocenters. The standard InChI is InChI=1S/C14H20N2O2/c17-14(18)8-7-13-11-15-9-4-10-16(13)12-5-2-1-3-6-12/h1-3,5-6,13,15H,4,7-11H2,(H,17,18). The summed E-state index contributed by atoms with van der Waals surface area (Å²) in [6.07, 6.45) is 2.02. The number of hydrogen-bond donors (Lipinski definition) is 2. The summed E-state index contributed by atoms with van der Waals surface area (Å²) in [6.45, 7) is 2.86. The van der Waals surface area contributed by atoms with E-state index in [9.17, 15) is 4.79 Å². The van der Waals surface area contributed by atoms with Crippen LogP contribution in [0, 0.1) is 0 Å². The van der Waals surface area contributed by atoms with Crippen molar-refractivity contribution in [3.63, 3.8) is 0 Å². The van der Waals surface area contributed by atoms with Gasteiger partial charge in [0, 0.05) is 31.2 Å². The largest absolute Gasteiger partial charge is 0.481 e. The van der Waals surface area contributed by atoms with Gasteiger partial charge in [-0.05, 0) is 31.5 Å². The number of anilines is 1. The number of nitrogens with one attached hydrogen (secondary N) is 1. The SMILES string of the molecule is O=C(O)CCC1CNCCCN1c1ccccc1. The molecule has 1 heterocycles. The summed E-state index contributed by atoms with van der Waals surface area (Å²) in [6, 6.07) is 10.5. The third-order valence-electron chi connectivity index (χ3n) is 3.35. The highest BCUT2D eigenvalue weighted by Gasteiger charge is 2.21. The number of rotatable bonds is 4. The van der Waals surface area contributed by atoms with Gasteiger partial charge in [0.2, 0.25) is 0 Å². The molecule has 1 saturated heterocycles. The summed E-state index contributed by atoms with van der Waals surface area (Å²) in [7, 11) is 0. The molecule has 0 amide bonds. The van der Waals surface area contributed by atoms with E-state index in [0.717, 1.165) is 26.1 Å². The molecule has 18 heavy (non-hydrogen) atoms. The third-order valence-corrected chi connectivity index (χ3v) is 3.35. The van der Waals surface area contributed by atoms with E-state index in [2.05, 4.69) is 22.3 Å². The van der Waals surface area contributed by atoms with Gasteiger partial charge in [-0.2, -0.15) is 0 Å². The van der Waals surface area contributed by atoms with Crippen LogP contribution in [-0.2, 0) is 4.79 Å². The number of carboxylic acid groups (broad SMARTS) is 1. The quantitative estimate of drug-likeness (QED) is 0.852. The van der Waals surface area contributed by atoms with E-state index in [4.69, 9.17) is 5.11 Å². The average Bonchev–Trinajstić information content (AvgIpc) is 2.62. The number of aliphatic carboxylic acids is 1. The van der Waals surface area contributed by atoms with E-state index >= 15 is 0 Å². The number of carbonyl (C=O) groups is 1. The molecular formula is C14H20N2O2. The van der Waals surface area contributed by atoms with Crippen molar-refractivity contribution in [1.29, 1.82) is 0 Å². The van der Waals surface area contributed by atoms with Gasteiger partial charge in [0.25, 0.3) is 0 Å². The van der Waals surface area contributed by atoms with Gasteiger partial charge in [-0.15, -0.1) is 0 Å². The van der Waals surface area contributed by atoms with Crippen LogP contribution in [-0.4, -0.2) is 36.8 Å². The number of nitrogens with zero attached hydrogens (tertiary/aromatic N) is 1. The van der Waals surface area contributed by atoms with E-state index in [0.29, 0.717) is 6.42 Å². The Hall–Kier alpha value is -1.55. The summed E-state index contributed by atoms with van der Waals surface area (Å²) < 4.78 is 0. The molecule has 4 nitrogen and oxygen atoms in total. The lowest BCUT2D eigenvalue weighted by Crippen LogP contribution is -2.40. The second-order valence-corrected chi connectivity index (χ2v) is 4.67. The molecule has 1 fully saturated rings. The van der Waals surface area contributed by atoms with Crippen molar-refractivity contribution in [2.24, 2.45) is 0 Å². The fourth-order valence-electron chi connectivity index (χ4n) is 2.44. The first kappa shape index (κ1) is 12.9. The Morgan fingerprint density at radius 1 is 1.39 bits per heavy atom. The number of carboxylic acids is 1. The minimum absolute atomic E-state index is 0.232. The van der Waals surface area contributed by atoms with Gasteiger partial charge >= 0.3 is 5.97 Å². The van der Waals surface area contributed by atoms with Gasteiger partial charge < -0.3 is 15.3 Å². The van der Waals surface area contributed by atoms with Crippen molar-refractivity contribution in [3.05, 3.63) is 30.3 Å². The summed E-state index contributed by atoms with van der Waals surface area (Å²) >= 11 is 0. The lowest BCUT2D eigenvalue weighted by Gasteiger charge is -2.31. The molecule has 0 bridgehead atoms. The first-order valence-corrected chi connectivity index (χ1v) is 6.51. The van der Waals surface area contributed by atoms with Gasteiger partial charge in [-0.1, -0.05) is 18.2 Å². The maximum Gasteiger partial charge on any atom is 0.303 e. The fraction of sp³-hybridized carbons (Fsp3) is 0.500. The van der Waals surface area contributed by atoms with Crippen LogP contribution in [0.15, 0.2) is 30.3 Å². The molecule has 0 spiro atoms. The Labute approximate surface area is 108 Å². The van der Waals surface area contributed by atoms with Crippen molar-refractivity contribution in [2.45, 2.75) is 25.3 Å².